The lowest BCUT2D eigenvalue weighted by Crippen LogP contribution is -2.41. The number of carbonyl (C=O) groups excluding carboxylic acids is 2. The van der Waals surface area contributed by atoms with E-state index in [0.717, 1.165) is 5.56 Å². The predicted octanol–water partition coefficient (Wildman–Crippen LogP) is 2.95. The van der Waals surface area contributed by atoms with Crippen LogP contribution in [0.2, 0.25) is 0 Å². The van der Waals surface area contributed by atoms with E-state index in [2.05, 4.69) is 11.9 Å². The fourth-order valence-corrected chi connectivity index (χ4v) is 1.99. The molecule has 23 heavy (non-hydrogen) atoms. The highest BCUT2D eigenvalue weighted by atomic mass is 16.6. The summed E-state index contributed by atoms with van der Waals surface area (Å²) in [6.45, 7) is 10.5. The summed E-state index contributed by atoms with van der Waals surface area (Å²) < 4.78 is 16.0. The molecule has 0 saturated heterocycles. The second-order valence-electron chi connectivity index (χ2n) is 6.40. The first-order valence-corrected chi connectivity index (χ1v) is 7.31. The van der Waals surface area contributed by atoms with Crippen molar-refractivity contribution in [1.29, 1.82) is 0 Å². The van der Waals surface area contributed by atoms with Crippen LogP contribution in [0.1, 0.15) is 33.3 Å². The topological polar surface area (TPSA) is 73.9 Å². The number of alkyl carbamates (subject to hydrolysis) is 1. The SMILES string of the molecule is C=C(C)C(=O)Oc1ccc2c(c1)OC(NC(=O)OC(C)(C)C)C2. The van der Waals surface area contributed by atoms with Crippen molar-refractivity contribution in [2.45, 2.75) is 45.9 Å². The molecule has 0 saturated carbocycles. The zero-order valence-electron chi connectivity index (χ0n) is 13.8. The van der Waals surface area contributed by atoms with Gasteiger partial charge in [-0.15, -0.1) is 0 Å². The average Bonchev–Trinajstić information content (AvgIpc) is 2.77. The fraction of sp³-hybridized carbons (Fsp3) is 0.412. The van der Waals surface area contributed by atoms with Crippen molar-refractivity contribution in [2.24, 2.45) is 0 Å². The van der Waals surface area contributed by atoms with Crippen LogP contribution in [0.5, 0.6) is 11.5 Å². The molecule has 1 atom stereocenters. The Balaban J connectivity index is 1.97. The molecule has 1 amide bonds. The Kier molecular flexibility index (Phi) is 4.63. The maximum Gasteiger partial charge on any atom is 0.410 e. The summed E-state index contributed by atoms with van der Waals surface area (Å²) in [4.78, 5) is 23.3. The summed E-state index contributed by atoms with van der Waals surface area (Å²) in [7, 11) is 0. The summed E-state index contributed by atoms with van der Waals surface area (Å²) in [6, 6.07) is 5.10. The van der Waals surface area contributed by atoms with E-state index >= 15 is 0 Å². The zero-order valence-corrected chi connectivity index (χ0v) is 13.8. The third kappa shape index (κ3) is 4.74. The Morgan fingerprint density at radius 3 is 2.65 bits per heavy atom. The summed E-state index contributed by atoms with van der Waals surface area (Å²) in [5.41, 5.74) is 0.663. The van der Waals surface area contributed by atoms with Gasteiger partial charge in [0.05, 0.1) is 0 Å². The van der Waals surface area contributed by atoms with E-state index in [1.807, 2.05) is 0 Å². The number of fused-ring (bicyclic) bond motifs is 1. The maximum absolute atomic E-state index is 11.8. The lowest BCUT2D eigenvalue weighted by Gasteiger charge is -2.21. The minimum Gasteiger partial charge on any atom is -0.470 e. The molecule has 0 bridgehead atoms. The van der Waals surface area contributed by atoms with Gasteiger partial charge >= 0.3 is 12.1 Å². The van der Waals surface area contributed by atoms with Gasteiger partial charge < -0.3 is 14.2 Å². The van der Waals surface area contributed by atoms with Crippen LogP contribution in [0.15, 0.2) is 30.4 Å². The van der Waals surface area contributed by atoms with Gasteiger partial charge in [0, 0.05) is 23.6 Å². The van der Waals surface area contributed by atoms with Gasteiger partial charge in [-0.25, -0.2) is 9.59 Å². The van der Waals surface area contributed by atoms with Gasteiger partial charge in [-0.1, -0.05) is 12.6 Å². The van der Waals surface area contributed by atoms with Crippen LogP contribution in [-0.2, 0) is 16.0 Å². The van der Waals surface area contributed by atoms with E-state index in [-0.39, 0.29) is 0 Å². The van der Waals surface area contributed by atoms with E-state index < -0.39 is 23.9 Å². The zero-order chi connectivity index (χ0) is 17.2. The predicted molar refractivity (Wildman–Crippen MR) is 84.4 cm³/mol. The summed E-state index contributed by atoms with van der Waals surface area (Å²) in [5.74, 6) is 0.444. The second kappa shape index (κ2) is 6.32. The van der Waals surface area contributed by atoms with Gasteiger partial charge in [-0.3, -0.25) is 5.32 Å². The molecule has 2 rings (SSSR count). The van der Waals surface area contributed by atoms with Gasteiger partial charge in [-0.05, 0) is 33.8 Å². The van der Waals surface area contributed by atoms with Crippen molar-refractivity contribution in [1.82, 2.24) is 5.32 Å². The van der Waals surface area contributed by atoms with Gasteiger partial charge in [0.25, 0.3) is 0 Å². The lowest BCUT2D eigenvalue weighted by molar-refractivity contribution is -0.130. The van der Waals surface area contributed by atoms with E-state index in [9.17, 15) is 9.59 Å². The summed E-state index contributed by atoms with van der Waals surface area (Å²) in [5, 5.41) is 2.66. The van der Waals surface area contributed by atoms with Gasteiger partial charge in [0.2, 0.25) is 0 Å². The molecule has 0 radical (unpaired) electrons. The third-order valence-corrected chi connectivity index (χ3v) is 2.95. The Labute approximate surface area is 135 Å². The summed E-state index contributed by atoms with van der Waals surface area (Å²) >= 11 is 0. The van der Waals surface area contributed by atoms with Crippen LogP contribution in [0.3, 0.4) is 0 Å². The van der Waals surface area contributed by atoms with E-state index in [0.29, 0.717) is 23.5 Å². The molecule has 1 N–H and O–H groups in total. The first kappa shape index (κ1) is 16.9. The molecule has 1 aliphatic heterocycles. The number of benzene rings is 1. The van der Waals surface area contributed by atoms with E-state index in [1.165, 1.54) is 0 Å². The quantitative estimate of drug-likeness (QED) is 0.527. The van der Waals surface area contributed by atoms with Crippen LogP contribution in [0.25, 0.3) is 0 Å². The number of amides is 1. The number of nitrogens with one attached hydrogen (secondary N) is 1. The Bertz CT molecular complexity index is 645. The number of hydrogen-bond donors (Lipinski definition) is 1. The number of ether oxygens (including phenoxy) is 3. The highest BCUT2D eigenvalue weighted by Crippen LogP contribution is 2.32. The Hall–Kier alpha value is -2.50. The fourth-order valence-electron chi connectivity index (χ4n) is 1.99. The largest absolute Gasteiger partial charge is 0.470 e. The second-order valence-corrected chi connectivity index (χ2v) is 6.40. The molecule has 124 valence electrons. The van der Waals surface area contributed by atoms with Crippen LogP contribution >= 0.6 is 0 Å². The molecule has 0 fully saturated rings. The molecule has 1 aromatic carbocycles. The van der Waals surface area contributed by atoms with Crippen LogP contribution in [-0.4, -0.2) is 23.9 Å². The normalized spacial score (nSPS) is 16.1. The standard InChI is InChI=1S/C17H21NO5/c1-10(2)15(19)21-12-7-6-11-8-14(22-13(11)9-12)18-16(20)23-17(3,4)5/h6-7,9,14H,1,8H2,2-5H3,(H,18,20). The Morgan fingerprint density at radius 2 is 2.04 bits per heavy atom. The van der Waals surface area contributed by atoms with E-state index in [1.54, 1.807) is 45.9 Å². The van der Waals surface area contributed by atoms with Crippen molar-refractivity contribution in [2.75, 3.05) is 0 Å². The minimum atomic E-state index is -0.570. The highest BCUT2D eigenvalue weighted by Gasteiger charge is 2.27. The molecule has 6 nitrogen and oxygen atoms in total. The molecular formula is C17H21NO5. The van der Waals surface area contributed by atoms with Crippen molar-refractivity contribution < 1.29 is 23.8 Å². The maximum atomic E-state index is 11.8. The number of carbonyl (C=O) groups is 2. The van der Waals surface area contributed by atoms with E-state index in [4.69, 9.17) is 14.2 Å². The molecular weight excluding hydrogens is 298 g/mol. The smallest absolute Gasteiger partial charge is 0.410 e. The number of rotatable bonds is 3. The van der Waals surface area contributed by atoms with Gasteiger partial charge in [-0.2, -0.15) is 0 Å². The molecule has 1 aromatic rings. The first-order valence-electron chi connectivity index (χ1n) is 7.31. The molecule has 6 heteroatoms. The lowest BCUT2D eigenvalue weighted by atomic mass is 10.1. The van der Waals surface area contributed by atoms with Gasteiger partial charge in [0.1, 0.15) is 17.1 Å². The molecule has 1 heterocycles. The van der Waals surface area contributed by atoms with Crippen LogP contribution in [0.4, 0.5) is 4.79 Å². The Morgan fingerprint density at radius 1 is 1.35 bits per heavy atom. The van der Waals surface area contributed by atoms with Crippen molar-refractivity contribution in [3.63, 3.8) is 0 Å². The number of hydrogen-bond acceptors (Lipinski definition) is 5. The van der Waals surface area contributed by atoms with Crippen LogP contribution < -0.4 is 14.8 Å². The molecule has 0 aliphatic carbocycles. The van der Waals surface area contributed by atoms with Crippen LogP contribution in [0, 0.1) is 0 Å². The average molecular weight is 319 g/mol. The minimum absolute atomic E-state index is 0.316. The highest BCUT2D eigenvalue weighted by molar-refractivity contribution is 5.88. The molecule has 0 aromatic heterocycles. The molecule has 0 spiro atoms. The van der Waals surface area contributed by atoms with Gasteiger partial charge in [0.15, 0.2) is 6.23 Å². The third-order valence-electron chi connectivity index (χ3n) is 2.95. The summed E-state index contributed by atoms with van der Waals surface area (Å²) in [6.07, 6.45) is -0.528. The van der Waals surface area contributed by atoms with Crippen molar-refractivity contribution in [3.8, 4) is 11.5 Å². The molecule has 1 aliphatic rings. The number of esters is 1. The first-order chi connectivity index (χ1) is 10.6. The molecule has 1 unspecified atom stereocenters. The van der Waals surface area contributed by atoms with Crippen molar-refractivity contribution in [3.05, 3.63) is 35.9 Å². The monoisotopic (exact) mass is 319 g/mol. The van der Waals surface area contributed by atoms with Crippen molar-refractivity contribution >= 4 is 12.1 Å².